The minimum absolute atomic E-state index is 0.00380. The van der Waals surface area contributed by atoms with Crippen molar-refractivity contribution in [2.24, 2.45) is 0 Å². The third kappa shape index (κ3) is 1.36. The van der Waals surface area contributed by atoms with E-state index in [1.807, 2.05) is 24.5 Å². The van der Waals surface area contributed by atoms with Gasteiger partial charge in [0.1, 0.15) is 0 Å². The Morgan fingerprint density at radius 1 is 1.31 bits per heavy atom. The van der Waals surface area contributed by atoms with Gasteiger partial charge in [-0.1, -0.05) is 11.3 Å². The van der Waals surface area contributed by atoms with E-state index in [4.69, 9.17) is 0 Å². The molecule has 1 aromatic carbocycles. The second kappa shape index (κ2) is 3.12. The number of rotatable bonds is 1. The first-order valence-electron chi connectivity index (χ1n) is 3.71. The molecule has 0 fully saturated rings. The van der Waals surface area contributed by atoms with Gasteiger partial charge < -0.3 is 10.2 Å². The molecule has 1 aromatic heterocycles. The van der Waals surface area contributed by atoms with E-state index in [0.29, 0.717) is 0 Å². The van der Waals surface area contributed by atoms with Gasteiger partial charge in [0.25, 0.3) is 0 Å². The maximum absolute atomic E-state index is 9.47. The maximum atomic E-state index is 9.47. The molecule has 0 unspecified atom stereocenters. The van der Waals surface area contributed by atoms with E-state index in [0.717, 1.165) is 15.0 Å². The third-order valence-electron chi connectivity index (χ3n) is 1.85. The summed E-state index contributed by atoms with van der Waals surface area (Å²) in [6, 6.07) is 5.76. The molecule has 0 radical (unpaired) electrons. The molecule has 2 aromatic rings. The Morgan fingerprint density at radius 2 is 2.08 bits per heavy atom. The molecule has 0 aliphatic rings. The van der Waals surface area contributed by atoms with Crippen LogP contribution in [0.2, 0.25) is 0 Å². The molecule has 2 nitrogen and oxygen atoms in total. The highest BCUT2D eigenvalue weighted by molar-refractivity contribution is 7.98. The molecule has 0 saturated heterocycles. The lowest BCUT2D eigenvalue weighted by Gasteiger charge is -1.95. The Bertz CT molecular complexity index is 448. The Morgan fingerprint density at radius 3 is 2.77 bits per heavy atom. The Labute approximate surface area is 83.8 Å². The van der Waals surface area contributed by atoms with Crippen molar-refractivity contribution in [3.8, 4) is 10.8 Å². The SMILES string of the molecule is CSc1ccc2sc(O)c(O)c2c1. The summed E-state index contributed by atoms with van der Waals surface area (Å²) < 4.78 is 0.910. The molecule has 2 N–H and O–H groups in total. The monoisotopic (exact) mass is 212 g/mol. The molecule has 2 rings (SSSR count). The molecule has 68 valence electrons. The predicted molar refractivity (Wildman–Crippen MR) is 56.9 cm³/mol. The van der Waals surface area contributed by atoms with Gasteiger partial charge >= 0.3 is 0 Å². The highest BCUT2D eigenvalue weighted by atomic mass is 32.2. The lowest BCUT2D eigenvalue weighted by Crippen LogP contribution is -1.68. The average molecular weight is 212 g/mol. The molecule has 0 spiro atoms. The van der Waals surface area contributed by atoms with E-state index in [2.05, 4.69) is 0 Å². The van der Waals surface area contributed by atoms with Gasteiger partial charge in [0, 0.05) is 15.0 Å². The van der Waals surface area contributed by atoms with Crippen LogP contribution in [0.5, 0.6) is 10.8 Å². The van der Waals surface area contributed by atoms with Crippen molar-refractivity contribution in [3.63, 3.8) is 0 Å². The highest BCUT2D eigenvalue weighted by Gasteiger charge is 2.09. The number of aromatic hydroxyl groups is 2. The van der Waals surface area contributed by atoms with Crippen molar-refractivity contribution < 1.29 is 10.2 Å². The van der Waals surface area contributed by atoms with Crippen molar-refractivity contribution in [2.45, 2.75) is 4.90 Å². The Kier molecular flexibility index (Phi) is 2.09. The fraction of sp³-hybridized carbons (Fsp3) is 0.111. The van der Waals surface area contributed by atoms with Crippen molar-refractivity contribution in [1.29, 1.82) is 0 Å². The summed E-state index contributed by atoms with van der Waals surface area (Å²) in [5, 5.41) is 19.5. The summed E-state index contributed by atoms with van der Waals surface area (Å²) in [6.07, 6.45) is 1.98. The molecule has 0 bridgehead atoms. The number of hydrogen-bond donors (Lipinski definition) is 2. The van der Waals surface area contributed by atoms with Gasteiger partial charge in [0.2, 0.25) is 5.06 Å². The van der Waals surface area contributed by atoms with Crippen LogP contribution in [0.3, 0.4) is 0 Å². The zero-order chi connectivity index (χ0) is 9.42. The summed E-state index contributed by atoms with van der Waals surface area (Å²) in [5.74, 6) is -0.00380. The summed E-state index contributed by atoms with van der Waals surface area (Å²) in [6.45, 7) is 0. The van der Waals surface area contributed by atoms with Crippen LogP contribution < -0.4 is 0 Å². The number of thioether (sulfide) groups is 1. The second-order valence-corrected chi connectivity index (χ2v) is 4.53. The lowest BCUT2D eigenvalue weighted by molar-refractivity contribution is 0.419. The van der Waals surface area contributed by atoms with Crippen molar-refractivity contribution in [1.82, 2.24) is 0 Å². The smallest absolute Gasteiger partial charge is 0.215 e. The standard InChI is InChI=1S/C9H8O2S2/c1-12-5-2-3-7-6(4-5)8(10)9(11)13-7/h2-4,10-11H,1H3. The van der Waals surface area contributed by atoms with Gasteiger partial charge in [-0.25, -0.2) is 0 Å². The van der Waals surface area contributed by atoms with Gasteiger partial charge in [-0.3, -0.25) is 0 Å². The summed E-state index contributed by atoms with van der Waals surface area (Å²) >= 11 is 2.81. The average Bonchev–Trinajstić information content (AvgIpc) is 2.43. The first-order chi connectivity index (χ1) is 6.22. The van der Waals surface area contributed by atoms with Crippen molar-refractivity contribution in [2.75, 3.05) is 6.26 Å². The van der Waals surface area contributed by atoms with E-state index in [-0.39, 0.29) is 10.8 Å². The third-order valence-corrected chi connectivity index (χ3v) is 3.54. The fourth-order valence-electron chi connectivity index (χ4n) is 1.18. The maximum Gasteiger partial charge on any atom is 0.215 e. The zero-order valence-electron chi connectivity index (χ0n) is 6.94. The lowest BCUT2D eigenvalue weighted by atomic mass is 10.2. The van der Waals surface area contributed by atoms with Gasteiger partial charge in [-0.05, 0) is 24.5 Å². The molecular weight excluding hydrogens is 204 g/mol. The van der Waals surface area contributed by atoms with Crippen molar-refractivity contribution >= 4 is 33.2 Å². The van der Waals surface area contributed by atoms with Gasteiger partial charge in [-0.15, -0.1) is 11.8 Å². The number of fused-ring (bicyclic) bond motifs is 1. The molecular formula is C9H8O2S2. The molecule has 4 heteroatoms. The van der Waals surface area contributed by atoms with Crippen molar-refractivity contribution in [3.05, 3.63) is 18.2 Å². The molecule has 0 atom stereocenters. The topological polar surface area (TPSA) is 40.5 Å². The first-order valence-corrected chi connectivity index (χ1v) is 5.75. The van der Waals surface area contributed by atoms with Crippen LogP contribution in [0.25, 0.3) is 10.1 Å². The van der Waals surface area contributed by atoms with E-state index in [9.17, 15) is 10.2 Å². The zero-order valence-corrected chi connectivity index (χ0v) is 8.58. The van der Waals surface area contributed by atoms with E-state index in [1.54, 1.807) is 11.8 Å². The van der Waals surface area contributed by atoms with Gasteiger partial charge in [-0.2, -0.15) is 0 Å². The molecule has 13 heavy (non-hydrogen) atoms. The predicted octanol–water partition coefficient (Wildman–Crippen LogP) is 3.03. The quantitative estimate of drug-likeness (QED) is 0.714. The van der Waals surface area contributed by atoms with E-state index < -0.39 is 0 Å². The van der Waals surface area contributed by atoms with E-state index in [1.165, 1.54) is 11.3 Å². The van der Waals surface area contributed by atoms with Crippen LogP contribution in [0.1, 0.15) is 0 Å². The number of benzene rings is 1. The minimum Gasteiger partial charge on any atom is -0.503 e. The summed E-state index contributed by atoms with van der Waals surface area (Å²) in [7, 11) is 0. The van der Waals surface area contributed by atoms with Crippen LogP contribution in [0.15, 0.2) is 23.1 Å². The molecule has 0 amide bonds. The normalized spacial score (nSPS) is 10.8. The summed E-state index contributed by atoms with van der Waals surface area (Å²) in [5.41, 5.74) is 0. The van der Waals surface area contributed by atoms with Gasteiger partial charge in [0.15, 0.2) is 5.75 Å². The van der Waals surface area contributed by atoms with Crippen LogP contribution in [0.4, 0.5) is 0 Å². The molecule has 0 saturated carbocycles. The summed E-state index contributed by atoms with van der Waals surface area (Å²) in [4.78, 5) is 1.08. The number of hydrogen-bond acceptors (Lipinski definition) is 4. The molecule has 1 heterocycles. The Hall–Kier alpha value is -0.870. The first kappa shape index (κ1) is 8.72. The molecule has 0 aliphatic heterocycles. The molecule has 0 aliphatic carbocycles. The van der Waals surface area contributed by atoms with Crippen LogP contribution >= 0.6 is 23.1 Å². The second-order valence-electron chi connectivity index (χ2n) is 2.62. The Balaban J connectivity index is 2.75. The van der Waals surface area contributed by atoms with E-state index >= 15 is 0 Å². The van der Waals surface area contributed by atoms with Gasteiger partial charge in [0.05, 0.1) is 0 Å². The minimum atomic E-state index is -0.00625. The number of thiophene rings is 1. The highest BCUT2D eigenvalue weighted by Crippen LogP contribution is 2.43. The van der Waals surface area contributed by atoms with Crippen LogP contribution in [-0.2, 0) is 0 Å². The van der Waals surface area contributed by atoms with Crippen LogP contribution in [0, 0.1) is 0 Å². The fourth-order valence-corrected chi connectivity index (χ4v) is 2.43. The van der Waals surface area contributed by atoms with Crippen LogP contribution in [-0.4, -0.2) is 16.5 Å². The largest absolute Gasteiger partial charge is 0.503 e.